The number of carbonyl (C=O) groups excluding carboxylic acids is 1. The molecule has 1 saturated heterocycles. The zero-order chi connectivity index (χ0) is 25.1. The Kier molecular flexibility index (Phi) is 7.04. The van der Waals surface area contributed by atoms with Crippen LogP contribution in [0, 0.1) is 0 Å². The molecular weight excluding hydrogens is 474 g/mol. The van der Waals surface area contributed by atoms with Crippen molar-refractivity contribution in [3.05, 3.63) is 88.9 Å². The first-order chi connectivity index (χ1) is 17.5. The second kappa shape index (κ2) is 10.5. The first-order valence-electron chi connectivity index (χ1n) is 11.9. The van der Waals surface area contributed by atoms with E-state index in [0.717, 1.165) is 48.3 Å². The summed E-state index contributed by atoms with van der Waals surface area (Å²) in [5.41, 5.74) is 4.27. The van der Waals surface area contributed by atoms with Crippen LogP contribution >= 0.6 is 11.6 Å². The first kappa shape index (κ1) is 24.1. The molecule has 1 amide bonds. The Balaban J connectivity index is 1.40. The molecule has 1 aliphatic rings. The minimum absolute atomic E-state index is 0.0249. The lowest BCUT2D eigenvalue weighted by Crippen LogP contribution is -2.47. The number of aromatic nitrogens is 1. The number of carbonyl (C=O) groups is 1. The van der Waals surface area contributed by atoms with Crippen molar-refractivity contribution < 1.29 is 9.90 Å². The largest absolute Gasteiger partial charge is 0.494 e. The van der Waals surface area contributed by atoms with Gasteiger partial charge in [0.15, 0.2) is 5.88 Å². The third-order valence-electron chi connectivity index (χ3n) is 6.38. The molecule has 1 fully saturated rings. The quantitative estimate of drug-likeness (QED) is 0.329. The van der Waals surface area contributed by atoms with Crippen LogP contribution in [0.3, 0.4) is 0 Å². The normalized spacial score (nSPS) is 15.3. The van der Waals surface area contributed by atoms with Gasteiger partial charge in [-0.25, -0.2) is 4.99 Å². The molecular formula is C28H28ClN5O2. The van der Waals surface area contributed by atoms with Gasteiger partial charge in [-0.1, -0.05) is 48.0 Å². The second-order valence-corrected chi connectivity index (χ2v) is 9.48. The highest BCUT2D eigenvalue weighted by molar-refractivity contribution is 6.31. The Hall–Kier alpha value is -3.65. The van der Waals surface area contributed by atoms with Gasteiger partial charge in [0.1, 0.15) is 0 Å². The number of aliphatic imine (C=N–C) groups is 1. The van der Waals surface area contributed by atoms with Crippen LogP contribution in [0.4, 0.5) is 11.4 Å². The Morgan fingerprint density at radius 3 is 2.47 bits per heavy atom. The van der Waals surface area contributed by atoms with Crippen LogP contribution < -0.4 is 5.32 Å². The number of H-pyrrole nitrogens is 1. The van der Waals surface area contributed by atoms with Crippen LogP contribution in [0.5, 0.6) is 5.88 Å². The van der Waals surface area contributed by atoms with Crippen LogP contribution in [0.25, 0.3) is 10.9 Å². The van der Waals surface area contributed by atoms with Crippen LogP contribution in [0.2, 0.25) is 5.02 Å². The number of likely N-dealkylation sites (N-methyl/N-ethyl adjacent to an activating group) is 1. The molecule has 0 saturated carbocycles. The zero-order valence-corrected chi connectivity index (χ0v) is 20.8. The Bertz CT molecular complexity index is 1390. The summed E-state index contributed by atoms with van der Waals surface area (Å²) in [6.07, 6.45) is 0. The van der Waals surface area contributed by atoms with E-state index in [1.807, 2.05) is 60.7 Å². The molecule has 0 radical (unpaired) electrons. The fraction of sp³-hybridized carbons (Fsp3) is 0.214. The van der Waals surface area contributed by atoms with Crippen molar-refractivity contribution in [2.45, 2.75) is 0 Å². The smallest absolute Gasteiger partial charge is 0.238 e. The predicted molar refractivity (Wildman–Crippen MR) is 146 cm³/mol. The number of rotatable bonds is 6. The predicted octanol–water partition coefficient (Wildman–Crippen LogP) is 4.88. The summed E-state index contributed by atoms with van der Waals surface area (Å²) in [7, 11) is 2.10. The van der Waals surface area contributed by atoms with Crippen LogP contribution in [0.15, 0.2) is 77.8 Å². The molecule has 184 valence electrons. The number of halogens is 1. The third-order valence-corrected chi connectivity index (χ3v) is 6.62. The SMILES string of the molecule is CN1CCN(CC(=O)Nc2ccc(N=C(c3ccccc3)c3c(O)[nH]c4cc(Cl)ccc34)cc2)CC1. The number of nitrogens with zero attached hydrogens (tertiary/aromatic N) is 3. The molecule has 2 heterocycles. The van der Waals surface area contributed by atoms with Crippen LogP contribution in [-0.4, -0.2) is 71.3 Å². The summed E-state index contributed by atoms with van der Waals surface area (Å²) in [6, 6.07) is 22.6. The maximum absolute atomic E-state index is 12.5. The summed E-state index contributed by atoms with van der Waals surface area (Å²) >= 11 is 6.15. The highest BCUT2D eigenvalue weighted by Crippen LogP contribution is 2.33. The van der Waals surface area contributed by atoms with Crippen LogP contribution in [-0.2, 0) is 4.79 Å². The number of fused-ring (bicyclic) bond motifs is 1. The Morgan fingerprint density at radius 2 is 1.75 bits per heavy atom. The molecule has 3 N–H and O–H groups in total. The summed E-state index contributed by atoms with van der Waals surface area (Å²) in [6.45, 7) is 4.13. The van der Waals surface area contributed by atoms with E-state index in [4.69, 9.17) is 16.6 Å². The average molecular weight is 502 g/mol. The average Bonchev–Trinajstić information content (AvgIpc) is 3.20. The fourth-order valence-corrected chi connectivity index (χ4v) is 4.59. The van der Waals surface area contributed by atoms with E-state index in [1.54, 1.807) is 12.1 Å². The minimum atomic E-state index is -0.0249. The molecule has 0 aliphatic carbocycles. The van der Waals surface area contributed by atoms with Crippen molar-refractivity contribution in [2.75, 3.05) is 45.1 Å². The molecule has 7 nitrogen and oxygen atoms in total. The summed E-state index contributed by atoms with van der Waals surface area (Å²) in [4.78, 5) is 24.9. The number of piperazine rings is 1. The molecule has 0 atom stereocenters. The van der Waals surface area contributed by atoms with Crippen LogP contribution in [0.1, 0.15) is 11.1 Å². The minimum Gasteiger partial charge on any atom is -0.494 e. The Labute approximate surface area is 215 Å². The van der Waals surface area contributed by atoms with Gasteiger partial charge in [-0.15, -0.1) is 0 Å². The number of benzene rings is 3. The summed E-state index contributed by atoms with van der Waals surface area (Å²) in [5.74, 6) is 0.00538. The van der Waals surface area contributed by atoms with Gasteiger partial charge < -0.3 is 20.3 Å². The van der Waals surface area contributed by atoms with Gasteiger partial charge >= 0.3 is 0 Å². The van der Waals surface area contributed by atoms with E-state index in [1.165, 1.54) is 0 Å². The molecule has 3 aromatic carbocycles. The zero-order valence-electron chi connectivity index (χ0n) is 20.0. The number of aromatic hydroxyl groups is 1. The van der Waals surface area contributed by atoms with Gasteiger partial charge in [0.2, 0.25) is 5.91 Å². The molecule has 36 heavy (non-hydrogen) atoms. The number of nitrogens with one attached hydrogen (secondary N) is 2. The molecule has 0 unspecified atom stereocenters. The van der Waals surface area contributed by atoms with E-state index >= 15 is 0 Å². The van der Waals surface area contributed by atoms with E-state index in [2.05, 4.69) is 27.1 Å². The lowest BCUT2D eigenvalue weighted by atomic mass is 10.0. The van der Waals surface area contributed by atoms with Gasteiger partial charge in [0.25, 0.3) is 0 Å². The number of aromatic amines is 1. The monoisotopic (exact) mass is 501 g/mol. The molecule has 8 heteroatoms. The number of anilines is 1. The fourth-order valence-electron chi connectivity index (χ4n) is 4.41. The van der Waals surface area contributed by atoms with Gasteiger partial charge in [-0.2, -0.15) is 0 Å². The third kappa shape index (κ3) is 5.44. The topological polar surface area (TPSA) is 84.0 Å². The maximum Gasteiger partial charge on any atom is 0.238 e. The van der Waals surface area contributed by atoms with Crippen molar-refractivity contribution >= 4 is 45.5 Å². The standard InChI is InChI=1S/C28H28ClN5O2/c1-33-13-15-34(16-14-33)18-25(35)30-21-8-10-22(11-9-21)31-27(19-5-3-2-4-6-19)26-23-12-7-20(29)17-24(23)32-28(26)36/h2-12,17,32,36H,13-16,18H2,1H3,(H,30,35). The summed E-state index contributed by atoms with van der Waals surface area (Å²) in [5, 5.41) is 15.2. The lowest BCUT2D eigenvalue weighted by molar-refractivity contribution is -0.117. The molecule has 0 bridgehead atoms. The van der Waals surface area contributed by atoms with Gasteiger partial charge in [-0.3, -0.25) is 9.69 Å². The van der Waals surface area contributed by atoms with E-state index in [-0.39, 0.29) is 11.8 Å². The highest BCUT2D eigenvalue weighted by Gasteiger charge is 2.19. The molecule has 5 rings (SSSR count). The Morgan fingerprint density at radius 1 is 1.03 bits per heavy atom. The second-order valence-electron chi connectivity index (χ2n) is 9.04. The van der Waals surface area contributed by atoms with Crippen molar-refractivity contribution in [2.24, 2.45) is 4.99 Å². The molecule has 0 spiro atoms. The highest BCUT2D eigenvalue weighted by atomic mass is 35.5. The van der Waals surface area contributed by atoms with E-state index in [9.17, 15) is 9.90 Å². The molecule has 1 aliphatic heterocycles. The van der Waals surface area contributed by atoms with Crippen molar-refractivity contribution in [3.63, 3.8) is 0 Å². The van der Waals surface area contributed by atoms with Gasteiger partial charge in [-0.05, 0) is 43.4 Å². The van der Waals surface area contributed by atoms with E-state index < -0.39 is 0 Å². The van der Waals surface area contributed by atoms with Crippen molar-refractivity contribution in [3.8, 4) is 5.88 Å². The van der Waals surface area contributed by atoms with Crippen molar-refractivity contribution in [1.82, 2.24) is 14.8 Å². The molecule has 4 aromatic rings. The maximum atomic E-state index is 12.5. The summed E-state index contributed by atoms with van der Waals surface area (Å²) < 4.78 is 0. The molecule has 1 aromatic heterocycles. The lowest BCUT2D eigenvalue weighted by Gasteiger charge is -2.31. The number of hydrogen-bond donors (Lipinski definition) is 3. The van der Waals surface area contributed by atoms with Gasteiger partial charge in [0, 0.05) is 47.8 Å². The first-order valence-corrected chi connectivity index (χ1v) is 12.3. The number of amides is 1. The van der Waals surface area contributed by atoms with Crippen molar-refractivity contribution in [1.29, 1.82) is 0 Å². The van der Waals surface area contributed by atoms with E-state index in [0.29, 0.717) is 28.5 Å². The van der Waals surface area contributed by atoms with Gasteiger partial charge in [0.05, 0.1) is 29.0 Å². The number of hydrogen-bond acceptors (Lipinski definition) is 5.